The van der Waals surface area contributed by atoms with E-state index < -0.39 is 0 Å². The molecule has 3 aromatic heterocycles. The molecule has 0 atom stereocenters. The third-order valence-electron chi connectivity index (χ3n) is 4.47. The van der Waals surface area contributed by atoms with Crippen LogP contribution in [0.4, 0.5) is 0 Å². The molecule has 0 saturated heterocycles. The van der Waals surface area contributed by atoms with Gasteiger partial charge in [-0.05, 0) is 19.1 Å². The van der Waals surface area contributed by atoms with Gasteiger partial charge in [-0.15, -0.1) is 5.10 Å². The molecule has 0 aliphatic carbocycles. The van der Waals surface area contributed by atoms with Crippen LogP contribution in [0.25, 0.3) is 27.3 Å². The highest BCUT2D eigenvalue weighted by Crippen LogP contribution is 2.30. The van der Waals surface area contributed by atoms with Crippen molar-refractivity contribution in [2.75, 3.05) is 0 Å². The molecule has 0 aliphatic rings. The van der Waals surface area contributed by atoms with Crippen molar-refractivity contribution in [2.24, 2.45) is 0 Å². The van der Waals surface area contributed by atoms with Gasteiger partial charge in [-0.1, -0.05) is 65.6 Å². The molecule has 7 heteroatoms. The molecule has 2 aromatic carbocycles. The Bertz CT molecular complexity index is 1190. The fourth-order valence-corrected chi connectivity index (χ4v) is 5.07. The van der Waals surface area contributed by atoms with Crippen molar-refractivity contribution in [3.05, 3.63) is 66.6 Å². The van der Waals surface area contributed by atoms with Gasteiger partial charge in [0.2, 0.25) is 4.96 Å². The Kier molecular flexibility index (Phi) is 4.18. The van der Waals surface area contributed by atoms with Gasteiger partial charge >= 0.3 is 0 Å². The molecule has 134 valence electrons. The first-order chi connectivity index (χ1) is 13.3. The summed E-state index contributed by atoms with van der Waals surface area (Å²) >= 11 is 3.33. The van der Waals surface area contributed by atoms with E-state index in [4.69, 9.17) is 9.97 Å². The first-order valence-corrected chi connectivity index (χ1v) is 10.6. The van der Waals surface area contributed by atoms with Gasteiger partial charge in [0.25, 0.3) is 0 Å². The molecule has 0 unspecified atom stereocenters. The van der Waals surface area contributed by atoms with Gasteiger partial charge in [0.1, 0.15) is 5.82 Å². The van der Waals surface area contributed by atoms with Crippen LogP contribution in [0.3, 0.4) is 0 Å². The van der Waals surface area contributed by atoms with E-state index in [1.165, 1.54) is 5.52 Å². The summed E-state index contributed by atoms with van der Waals surface area (Å²) in [5.74, 6) is 1.88. The van der Waals surface area contributed by atoms with Crippen LogP contribution in [0.1, 0.15) is 12.7 Å². The largest absolute Gasteiger partial charge is 0.328 e. The standard InChI is InChI=1S/C20H17N5S2/c1-2-24-17-11-7-6-10-15(17)21-18(24)13-26-20-23-25-12-16(22-19(25)27-20)14-8-4-3-5-9-14/h3-12H,2,13H2,1H3. The zero-order chi connectivity index (χ0) is 18.2. The smallest absolute Gasteiger partial charge is 0.213 e. The summed E-state index contributed by atoms with van der Waals surface area (Å²) < 4.78 is 5.15. The molecule has 0 saturated carbocycles. The Morgan fingerprint density at radius 1 is 1.00 bits per heavy atom. The number of benzene rings is 2. The minimum absolute atomic E-state index is 0.796. The molecule has 0 aliphatic heterocycles. The fourth-order valence-electron chi connectivity index (χ4n) is 3.20. The third kappa shape index (κ3) is 3.02. The van der Waals surface area contributed by atoms with Crippen molar-refractivity contribution < 1.29 is 0 Å². The topological polar surface area (TPSA) is 48.0 Å². The summed E-state index contributed by atoms with van der Waals surface area (Å²) in [5, 5.41) is 4.68. The molecular weight excluding hydrogens is 374 g/mol. The minimum atomic E-state index is 0.796. The van der Waals surface area contributed by atoms with E-state index in [2.05, 4.69) is 46.9 Å². The van der Waals surface area contributed by atoms with Crippen LogP contribution in [0.5, 0.6) is 0 Å². The van der Waals surface area contributed by atoms with E-state index in [1.54, 1.807) is 23.1 Å². The maximum atomic E-state index is 4.79. The Morgan fingerprint density at radius 3 is 2.63 bits per heavy atom. The molecule has 27 heavy (non-hydrogen) atoms. The van der Waals surface area contributed by atoms with Crippen molar-refractivity contribution in [2.45, 2.75) is 23.6 Å². The molecule has 3 heterocycles. The highest BCUT2D eigenvalue weighted by molar-refractivity contribution is 8.00. The fraction of sp³-hybridized carbons (Fsp3) is 0.150. The molecule has 0 spiro atoms. The summed E-state index contributed by atoms with van der Waals surface area (Å²) in [5.41, 5.74) is 4.31. The second-order valence-electron chi connectivity index (χ2n) is 6.14. The first-order valence-electron chi connectivity index (χ1n) is 8.80. The number of aromatic nitrogens is 5. The normalized spacial score (nSPS) is 11.6. The zero-order valence-electron chi connectivity index (χ0n) is 14.7. The SMILES string of the molecule is CCn1c(CSc2nn3cc(-c4ccccc4)nc3s2)nc2ccccc21. The number of hydrogen-bond donors (Lipinski definition) is 0. The number of nitrogens with zero attached hydrogens (tertiary/aromatic N) is 5. The van der Waals surface area contributed by atoms with E-state index in [1.807, 2.05) is 35.0 Å². The Morgan fingerprint density at radius 2 is 1.81 bits per heavy atom. The number of thioether (sulfide) groups is 1. The molecule has 0 amide bonds. The molecule has 0 fully saturated rings. The van der Waals surface area contributed by atoms with Crippen LogP contribution in [-0.4, -0.2) is 24.1 Å². The van der Waals surface area contributed by atoms with Crippen LogP contribution >= 0.6 is 23.1 Å². The lowest BCUT2D eigenvalue weighted by Gasteiger charge is -2.04. The summed E-state index contributed by atoms with van der Waals surface area (Å²) in [6.45, 7) is 3.07. The van der Waals surface area contributed by atoms with Crippen molar-refractivity contribution in [3.63, 3.8) is 0 Å². The third-order valence-corrected chi connectivity index (χ3v) is 6.52. The second-order valence-corrected chi connectivity index (χ2v) is 8.32. The summed E-state index contributed by atoms with van der Waals surface area (Å²) in [6.07, 6.45) is 1.99. The van der Waals surface area contributed by atoms with Crippen LogP contribution in [-0.2, 0) is 12.3 Å². The maximum absolute atomic E-state index is 4.79. The Hall–Kier alpha value is -2.64. The van der Waals surface area contributed by atoms with Gasteiger partial charge in [0, 0.05) is 12.1 Å². The predicted octanol–water partition coefficient (Wildman–Crippen LogP) is 5.12. The quantitative estimate of drug-likeness (QED) is 0.390. The average Bonchev–Trinajstić information content (AvgIpc) is 3.37. The zero-order valence-corrected chi connectivity index (χ0v) is 16.4. The molecule has 5 aromatic rings. The first kappa shape index (κ1) is 16.5. The van der Waals surface area contributed by atoms with Crippen LogP contribution in [0.15, 0.2) is 65.1 Å². The summed E-state index contributed by atoms with van der Waals surface area (Å²) in [6, 6.07) is 18.5. The number of imidazole rings is 2. The molecular formula is C20H17N5S2. The summed E-state index contributed by atoms with van der Waals surface area (Å²) in [4.78, 5) is 10.4. The highest BCUT2D eigenvalue weighted by Gasteiger charge is 2.13. The van der Waals surface area contributed by atoms with E-state index in [-0.39, 0.29) is 0 Å². The van der Waals surface area contributed by atoms with E-state index in [0.717, 1.165) is 44.2 Å². The number of fused-ring (bicyclic) bond motifs is 2. The van der Waals surface area contributed by atoms with E-state index in [9.17, 15) is 0 Å². The average molecular weight is 392 g/mol. The maximum Gasteiger partial charge on any atom is 0.213 e. The van der Waals surface area contributed by atoms with Gasteiger partial charge in [-0.3, -0.25) is 0 Å². The summed E-state index contributed by atoms with van der Waals surface area (Å²) in [7, 11) is 0. The molecule has 0 N–H and O–H groups in total. The molecule has 5 rings (SSSR count). The monoisotopic (exact) mass is 391 g/mol. The van der Waals surface area contributed by atoms with Crippen molar-refractivity contribution in [1.82, 2.24) is 24.1 Å². The molecule has 5 nitrogen and oxygen atoms in total. The highest BCUT2D eigenvalue weighted by atomic mass is 32.2. The minimum Gasteiger partial charge on any atom is -0.328 e. The number of para-hydroxylation sites is 2. The van der Waals surface area contributed by atoms with Crippen molar-refractivity contribution >= 4 is 39.1 Å². The molecule has 0 radical (unpaired) electrons. The van der Waals surface area contributed by atoms with Crippen LogP contribution < -0.4 is 0 Å². The number of hydrogen-bond acceptors (Lipinski definition) is 5. The predicted molar refractivity (Wildman–Crippen MR) is 111 cm³/mol. The lowest BCUT2D eigenvalue weighted by atomic mass is 10.2. The van der Waals surface area contributed by atoms with Gasteiger partial charge in [0.15, 0.2) is 4.34 Å². The van der Waals surface area contributed by atoms with Gasteiger partial charge in [-0.25, -0.2) is 14.5 Å². The van der Waals surface area contributed by atoms with E-state index >= 15 is 0 Å². The van der Waals surface area contributed by atoms with E-state index in [0.29, 0.717) is 0 Å². The van der Waals surface area contributed by atoms with Gasteiger partial charge < -0.3 is 4.57 Å². The number of aryl methyl sites for hydroxylation is 1. The lowest BCUT2D eigenvalue weighted by Crippen LogP contribution is -2.00. The van der Waals surface area contributed by atoms with Crippen LogP contribution in [0.2, 0.25) is 0 Å². The molecule has 0 bridgehead atoms. The number of rotatable bonds is 5. The Balaban J connectivity index is 1.39. The second kappa shape index (κ2) is 6.83. The lowest BCUT2D eigenvalue weighted by molar-refractivity contribution is 0.748. The Labute approximate surface area is 164 Å². The van der Waals surface area contributed by atoms with Crippen LogP contribution in [0, 0.1) is 0 Å². The van der Waals surface area contributed by atoms with Gasteiger partial charge in [-0.2, -0.15) is 0 Å². The van der Waals surface area contributed by atoms with Crippen molar-refractivity contribution in [3.8, 4) is 11.3 Å². The van der Waals surface area contributed by atoms with Gasteiger partial charge in [0.05, 0.1) is 28.7 Å². The van der Waals surface area contributed by atoms with Crippen molar-refractivity contribution in [1.29, 1.82) is 0 Å².